The molecule has 1 saturated heterocycles. The number of rotatable bonds is 3. The van der Waals surface area contributed by atoms with Crippen LogP contribution in [0.2, 0.25) is 0 Å². The second-order valence-corrected chi connectivity index (χ2v) is 3.62. The van der Waals surface area contributed by atoms with E-state index in [9.17, 15) is 4.79 Å². The van der Waals surface area contributed by atoms with E-state index in [1.165, 1.54) is 5.56 Å². The lowest BCUT2D eigenvalue weighted by molar-refractivity contribution is -0.110. The number of carbonyl (C=O) groups is 1. The van der Waals surface area contributed by atoms with Crippen molar-refractivity contribution in [2.45, 2.75) is 12.5 Å². The van der Waals surface area contributed by atoms with E-state index in [2.05, 4.69) is 23.0 Å². The number of nitrogens with one attached hydrogen (secondary N) is 2. The Morgan fingerprint density at radius 3 is 2.86 bits per heavy atom. The van der Waals surface area contributed by atoms with Gasteiger partial charge in [-0.25, -0.2) is 0 Å². The molecule has 0 aliphatic carbocycles. The summed E-state index contributed by atoms with van der Waals surface area (Å²) in [7, 11) is 0. The second kappa shape index (κ2) is 4.35. The molecule has 1 fully saturated rings. The summed E-state index contributed by atoms with van der Waals surface area (Å²) in [4.78, 5) is 10.7. The molecule has 2 unspecified atom stereocenters. The highest BCUT2D eigenvalue weighted by Gasteiger charge is 2.25. The molecular formula is C11H14N2O. The van der Waals surface area contributed by atoms with Crippen LogP contribution >= 0.6 is 0 Å². The Morgan fingerprint density at radius 1 is 1.36 bits per heavy atom. The van der Waals surface area contributed by atoms with Gasteiger partial charge in [0.25, 0.3) is 0 Å². The smallest absolute Gasteiger partial charge is 0.126 e. The van der Waals surface area contributed by atoms with E-state index in [1.54, 1.807) is 0 Å². The van der Waals surface area contributed by atoms with Gasteiger partial charge in [0, 0.05) is 18.5 Å². The largest absolute Gasteiger partial charge is 0.303 e. The molecule has 1 aromatic carbocycles. The van der Waals surface area contributed by atoms with Crippen molar-refractivity contribution in [3.63, 3.8) is 0 Å². The van der Waals surface area contributed by atoms with Crippen molar-refractivity contribution in [2.75, 3.05) is 6.54 Å². The molecule has 3 heteroatoms. The van der Waals surface area contributed by atoms with Crippen LogP contribution in [0.25, 0.3) is 0 Å². The average Bonchev–Trinajstić information content (AvgIpc) is 2.67. The Labute approximate surface area is 83.5 Å². The van der Waals surface area contributed by atoms with E-state index >= 15 is 0 Å². The van der Waals surface area contributed by atoms with Crippen LogP contribution in [-0.4, -0.2) is 18.9 Å². The average molecular weight is 190 g/mol. The second-order valence-electron chi connectivity index (χ2n) is 3.62. The summed E-state index contributed by atoms with van der Waals surface area (Å²) in [6.07, 6.45) is 1.93. The van der Waals surface area contributed by atoms with Crippen LogP contribution in [0.15, 0.2) is 30.3 Å². The molecule has 1 heterocycles. The van der Waals surface area contributed by atoms with E-state index < -0.39 is 0 Å². The molecule has 0 amide bonds. The topological polar surface area (TPSA) is 41.1 Å². The van der Waals surface area contributed by atoms with E-state index in [0.717, 1.165) is 19.3 Å². The standard InChI is InChI=1S/C11H14N2O/c14-8-10-7-12-13-11(10)6-9-4-2-1-3-5-9/h1-5,8,10-13H,6-7H2. The molecule has 2 atom stereocenters. The van der Waals surface area contributed by atoms with Gasteiger partial charge < -0.3 is 4.79 Å². The summed E-state index contributed by atoms with van der Waals surface area (Å²) in [5, 5.41) is 0. The molecule has 1 aliphatic heterocycles. The molecular weight excluding hydrogens is 176 g/mol. The first kappa shape index (κ1) is 9.37. The Hall–Kier alpha value is -1.19. The molecule has 14 heavy (non-hydrogen) atoms. The lowest BCUT2D eigenvalue weighted by atomic mass is 9.97. The van der Waals surface area contributed by atoms with Crippen LogP contribution in [0, 0.1) is 5.92 Å². The summed E-state index contributed by atoms with van der Waals surface area (Å²) in [5.74, 6) is 0.0928. The maximum absolute atomic E-state index is 10.7. The number of benzene rings is 1. The third-order valence-electron chi connectivity index (χ3n) is 2.62. The predicted molar refractivity (Wildman–Crippen MR) is 54.6 cm³/mol. The van der Waals surface area contributed by atoms with E-state index in [-0.39, 0.29) is 12.0 Å². The molecule has 3 nitrogen and oxygen atoms in total. The zero-order chi connectivity index (χ0) is 9.80. The zero-order valence-corrected chi connectivity index (χ0v) is 7.94. The fraction of sp³-hybridized carbons (Fsp3) is 0.364. The SMILES string of the molecule is O=CC1CNNC1Cc1ccccc1. The first-order valence-corrected chi connectivity index (χ1v) is 4.88. The number of hydrogen-bond acceptors (Lipinski definition) is 3. The van der Waals surface area contributed by atoms with E-state index in [1.807, 2.05) is 18.2 Å². The quantitative estimate of drug-likeness (QED) is 0.683. The van der Waals surface area contributed by atoms with Gasteiger partial charge >= 0.3 is 0 Å². The van der Waals surface area contributed by atoms with Crippen molar-refractivity contribution >= 4 is 6.29 Å². The number of aldehydes is 1. The fourth-order valence-corrected chi connectivity index (χ4v) is 1.77. The highest BCUT2D eigenvalue weighted by molar-refractivity contribution is 5.56. The lowest BCUT2D eigenvalue weighted by Crippen LogP contribution is -2.33. The third-order valence-corrected chi connectivity index (χ3v) is 2.62. The van der Waals surface area contributed by atoms with Crippen molar-refractivity contribution in [2.24, 2.45) is 5.92 Å². The molecule has 0 radical (unpaired) electrons. The Kier molecular flexibility index (Phi) is 2.91. The molecule has 2 N–H and O–H groups in total. The Balaban J connectivity index is 2.00. The maximum Gasteiger partial charge on any atom is 0.126 e. The summed E-state index contributed by atoms with van der Waals surface area (Å²) < 4.78 is 0. The maximum atomic E-state index is 10.7. The molecule has 0 spiro atoms. The van der Waals surface area contributed by atoms with Gasteiger partial charge in [0.15, 0.2) is 0 Å². The van der Waals surface area contributed by atoms with Crippen LogP contribution in [-0.2, 0) is 11.2 Å². The fourth-order valence-electron chi connectivity index (χ4n) is 1.77. The monoisotopic (exact) mass is 190 g/mol. The van der Waals surface area contributed by atoms with E-state index in [0.29, 0.717) is 0 Å². The van der Waals surface area contributed by atoms with Crippen LogP contribution in [0.5, 0.6) is 0 Å². The first-order valence-electron chi connectivity index (χ1n) is 4.88. The number of carbonyl (C=O) groups excluding carboxylic acids is 1. The number of hydrogen-bond donors (Lipinski definition) is 2. The molecule has 0 saturated carbocycles. The van der Waals surface area contributed by atoms with Gasteiger partial charge in [-0.05, 0) is 12.0 Å². The minimum atomic E-state index is 0.0928. The van der Waals surface area contributed by atoms with Gasteiger partial charge in [0.1, 0.15) is 6.29 Å². The highest BCUT2D eigenvalue weighted by Crippen LogP contribution is 2.11. The molecule has 0 aromatic heterocycles. The lowest BCUT2D eigenvalue weighted by Gasteiger charge is -2.12. The summed E-state index contributed by atoms with van der Waals surface area (Å²) >= 11 is 0. The van der Waals surface area contributed by atoms with Gasteiger partial charge in [-0.1, -0.05) is 30.3 Å². The molecule has 2 rings (SSSR count). The molecule has 74 valence electrons. The van der Waals surface area contributed by atoms with E-state index in [4.69, 9.17) is 0 Å². The van der Waals surface area contributed by atoms with Gasteiger partial charge in [-0.3, -0.25) is 10.9 Å². The highest BCUT2D eigenvalue weighted by atomic mass is 16.1. The molecule has 1 aliphatic rings. The summed E-state index contributed by atoms with van der Waals surface area (Å²) in [5.41, 5.74) is 7.40. The Bertz CT molecular complexity index is 299. The van der Waals surface area contributed by atoms with Gasteiger partial charge in [0.05, 0.1) is 0 Å². The van der Waals surface area contributed by atoms with Gasteiger partial charge in [0.2, 0.25) is 0 Å². The zero-order valence-electron chi connectivity index (χ0n) is 7.94. The van der Waals surface area contributed by atoms with Gasteiger partial charge in [-0.15, -0.1) is 0 Å². The minimum absolute atomic E-state index is 0.0928. The normalized spacial score (nSPS) is 26.3. The van der Waals surface area contributed by atoms with Crippen molar-refractivity contribution in [3.05, 3.63) is 35.9 Å². The summed E-state index contributed by atoms with van der Waals surface area (Å²) in [6, 6.07) is 10.4. The third kappa shape index (κ3) is 2.00. The molecule has 0 bridgehead atoms. The summed E-state index contributed by atoms with van der Waals surface area (Å²) in [6.45, 7) is 0.737. The van der Waals surface area contributed by atoms with Crippen molar-refractivity contribution < 1.29 is 4.79 Å². The van der Waals surface area contributed by atoms with Crippen molar-refractivity contribution in [3.8, 4) is 0 Å². The van der Waals surface area contributed by atoms with Crippen molar-refractivity contribution in [1.82, 2.24) is 10.9 Å². The van der Waals surface area contributed by atoms with Crippen molar-refractivity contribution in [1.29, 1.82) is 0 Å². The van der Waals surface area contributed by atoms with Crippen LogP contribution in [0.1, 0.15) is 5.56 Å². The van der Waals surface area contributed by atoms with Crippen LogP contribution < -0.4 is 10.9 Å². The predicted octanol–water partition coefficient (Wildman–Crippen LogP) is 0.521. The number of hydrazine groups is 1. The van der Waals surface area contributed by atoms with Gasteiger partial charge in [-0.2, -0.15) is 0 Å². The Morgan fingerprint density at radius 2 is 2.14 bits per heavy atom. The molecule has 1 aromatic rings. The minimum Gasteiger partial charge on any atom is -0.303 e. The first-order chi connectivity index (χ1) is 6.90. The van der Waals surface area contributed by atoms with Crippen LogP contribution in [0.4, 0.5) is 0 Å². The van der Waals surface area contributed by atoms with Crippen LogP contribution in [0.3, 0.4) is 0 Å².